The first-order chi connectivity index (χ1) is 9.43. The summed E-state index contributed by atoms with van der Waals surface area (Å²) in [6.07, 6.45) is 0. The van der Waals surface area contributed by atoms with Gasteiger partial charge in [-0.15, -0.1) is 0 Å². The van der Waals surface area contributed by atoms with Crippen molar-refractivity contribution in [1.29, 1.82) is 0 Å². The highest BCUT2D eigenvalue weighted by Gasteiger charge is 2.14. The largest absolute Gasteiger partial charge is 0.506 e. The van der Waals surface area contributed by atoms with Crippen molar-refractivity contribution in [1.82, 2.24) is 4.73 Å². The number of carboxylic acid groups (broad SMARTS) is 1. The summed E-state index contributed by atoms with van der Waals surface area (Å²) < 4.78 is 0.969. The third-order valence-electron chi connectivity index (χ3n) is 2.80. The van der Waals surface area contributed by atoms with Gasteiger partial charge in [0, 0.05) is 23.4 Å². The summed E-state index contributed by atoms with van der Waals surface area (Å²) in [4.78, 5) is 9.00. The highest BCUT2D eigenvalue weighted by molar-refractivity contribution is 6.14. The Morgan fingerprint density at radius 2 is 1.80 bits per heavy atom. The first kappa shape index (κ1) is 13.5. The fourth-order valence-electron chi connectivity index (χ4n) is 2.08. The molecule has 1 heterocycles. The van der Waals surface area contributed by atoms with Gasteiger partial charge in [0.2, 0.25) is 0 Å². The standard InChI is InChI=1S/C12H10N2O2.C2H4O2/c13-8-5-6-10(15)12-11(8)7-3-1-2-4-9(7)14(12)16;1-2(3)4/h1-6,15-16H,13H2;1H3,(H,3,4). The molecule has 0 unspecified atom stereocenters. The third kappa shape index (κ3) is 2.18. The Bertz CT molecular complexity index is 789. The number of nitrogens with zero attached hydrogens (tertiary/aromatic N) is 1. The van der Waals surface area contributed by atoms with Gasteiger partial charge in [0.15, 0.2) is 0 Å². The molecular formula is C14H14N2O4. The van der Waals surface area contributed by atoms with E-state index in [0.29, 0.717) is 22.1 Å². The van der Waals surface area contributed by atoms with E-state index in [1.807, 2.05) is 18.2 Å². The van der Waals surface area contributed by atoms with Gasteiger partial charge < -0.3 is 21.2 Å². The van der Waals surface area contributed by atoms with Gasteiger partial charge in [-0.2, -0.15) is 4.73 Å². The summed E-state index contributed by atoms with van der Waals surface area (Å²) in [5.74, 6) is -0.817. The average molecular weight is 274 g/mol. The first-order valence-electron chi connectivity index (χ1n) is 5.83. The van der Waals surface area contributed by atoms with Crippen LogP contribution in [0.15, 0.2) is 36.4 Å². The van der Waals surface area contributed by atoms with E-state index in [-0.39, 0.29) is 5.75 Å². The van der Waals surface area contributed by atoms with Gasteiger partial charge in [-0.1, -0.05) is 18.2 Å². The zero-order valence-corrected chi connectivity index (χ0v) is 10.7. The Kier molecular flexibility index (Phi) is 3.39. The van der Waals surface area contributed by atoms with Crippen LogP contribution in [0.5, 0.6) is 5.75 Å². The summed E-state index contributed by atoms with van der Waals surface area (Å²) in [6.45, 7) is 1.08. The zero-order chi connectivity index (χ0) is 14.9. The minimum absolute atomic E-state index is 0.0166. The molecule has 0 amide bonds. The van der Waals surface area contributed by atoms with E-state index in [0.717, 1.165) is 17.0 Å². The molecule has 3 aromatic rings. The van der Waals surface area contributed by atoms with Crippen LogP contribution in [-0.2, 0) is 4.79 Å². The van der Waals surface area contributed by atoms with E-state index in [9.17, 15) is 10.3 Å². The molecule has 3 rings (SSSR count). The fraction of sp³-hybridized carbons (Fsp3) is 0.0714. The van der Waals surface area contributed by atoms with E-state index in [1.54, 1.807) is 12.1 Å². The molecule has 2 aromatic carbocycles. The molecule has 0 radical (unpaired) electrons. The minimum atomic E-state index is -0.833. The number of aromatic nitrogens is 1. The van der Waals surface area contributed by atoms with Crippen molar-refractivity contribution < 1.29 is 20.2 Å². The van der Waals surface area contributed by atoms with E-state index in [1.165, 1.54) is 6.07 Å². The van der Waals surface area contributed by atoms with Crippen LogP contribution in [0.2, 0.25) is 0 Å². The predicted molar refractivity (Wildman–Crippen MR) is 76.0 cm³/mol. The monoisotopic (exact) mass is 274 g/mol. The lowest BCUT2D eigenvalue weighted by molar-refractivity contribution is -0.134. The summed E-state index contributed by atoms with van der Waals surface area (Å²) in [7, 11) is 0. The number of hydrogen-bond donors (Lipinski definition) is 4. The Hall–Kier alpha value is -2.89. The summed E-state index contributed by atoms with van der Waals surface area (Å²) in [6, 6.07) is 10.4. The number of carbonyl (C=O) groups is 1. The van der Waals surface area contributed by atoms with Crippen molar-refractivity contribution >= 4 is 33.5 Å². The van der Waals surface area contributed by atoms with Gasteiger partial charge in [0.05, 0.1) is 5.52 Å². The van der Waals surface area contributed by atoms with Gasteiger partial charge in [-0.3, -0.25) is 4.79 Å². The smallest absolute Gasteiger partial charge is 0.300 e. The van der Waals surface area contributed by atoms with Crippen LogP contribution in [0.3, 0.4) is 0 Å². The minimum Gasteiger partial charge on any atom is -0.506 e. The van der Waals surface area contributed by atoms with Gasteiger partial charge >= 0.3 is 0 Å². The molecule has 0 saturated carbocycles. The number of carboxylic acids is 1. The topological polar surface area (TPSA) is 109 Å². The Labute approximate surface area is 114 Å². The van der Waals surface area contributed by atoms with Crippen molar-refractivity contribution in [2.75, 3.05) is 5.73 Å². The number of aliphatic carboxylic acids is 1. The van der Waals surface area contributed by atoms with Gasteiger partial charge in [-0.05, 0) is 18.2 Å². The van der Waals surface area contributed by atoms with Crippen molar-refractivity contribution in [3.05, 3.63) is 36.4 Å². The second kappa shape index (κ2) is 5.00. The molecule has 0 aliphatic heterocycles. The number of anilines is 1. The number of phenols is 1. The zero-order valence-electron chi connectivity index (χ0n) is 10.7. The van der Waals surface area contributed by atoms with Crippen molar-refractivity contribution in [3.63, 3.8) is 0 Å². The van der Waals surface area contributed by atoms with Gasteiger partial charge in [-0.25, -0.2) is 0 Å². The van der Waals surface area contributed by atoms with Crippen LogP contribution in [0, 0.1) is 0 Å². The maximum absolute atomic E-state index is 9.96. The molecule has 0 aliphatic carbocycles. The molecule has 0 saturated heterocycles. The number of aromatic hydroxyl groups is 1. The fourth-order valence-corrected chi connectivity index (χ4v) is 2.08. The van der Waals surface area contributed by atoms with E-state index < -0.39 is 5.97 Å². The molecular weight excluding hydrogens is 260 g/mol. The second-order valence-electron chi connectivity index (χ2n) is 4.25. The lowest BCUT2D eigenvalue weighted by Crippen LogP contribution is -1.90. The highest BCUT2D eigenvalue weighted by Crippen LogP contribution is 2.36. The van der Waals surface area contributed by atoms with Crippen LogP contribution in [0.25, 0.3) is 21.8 Å². The molecule has 104 valence electrons. The Balaban J connectivity index is 0.000000328. The quantitative estimate of drug-likeness (QED) is 0.286. The molecule has 0 fully saturated rings. The molecule has 5 N–H and O–H groups in total. The molecule has 6 heteroatoms. The molecule has 20 heavy (non-hydrogen) atoms. The van der Waals surface area contributed by atoms with Crippen molar-refractivity contribution in [2.24, 2.45) is 0 Å². The van der Waals surface area contributed by atoms with Crippen LogP contribution >= 0.6 is 0 Å². The van der Waals surface area contributed by atoms with Crippen LogP contribution < -0.4 is 5.73 Å². The van der Waals surface area contributed by atoms with Gasteiger partial charge in [0.25, 0.3) is 5.97 Å². The summed E-state index contributed by atoms with van der Waals surface area (Å²) in [5, 5.41) is 28.6. The maximum Gasteiger partial charge on any atom is 0.300 e. The molecule has 0 spiro atoms. The number of para-hydroxylation sites is 1. The molecule has 1 aromatic heterocycles. The van der Waals surface area contributed by atoms with Crippen molar-refractivity contribution in [2.45, 2.75) is 6.92 Å². The van der Waals surface area contributed by atoms with E-state index in [2.05, 4.69) is 0 Å². The SMILES string of the molecule is CC(=O)O.Nc1ccc(O)c2c1c1ccccc1n2O. The van der Waals surface area contributed by atoms with E-state index >= 15 is 0 Å². The molecule has 0 bridgehead atoms. The van der Waals surface area contributed by atoms with Crippen LogP contribution in [-0.4, -0.2) is 26.1 Å². The lowest BCUT2D eigenvalue weighted by Gasteiger charge is -2.00. The average Bonchev–Trinajstić information content (AvgIpc) is 2.69. The van der Waals surface area contributed by atoms with Gasteiger partial charge in [0.1, 0.15) is 11.3 Å². The third-order valence-corrected chi connectivity index (χ3v) is 2.80. The summed E-state index contributed by atoms with van der Waals surface area (Å²) >= 11 is 0. The lowest BCUT2D eigenvalue weighted by atomic mass is 10.1. The number of nitrogen functional groups attached to an aromatic ring is 1. The second-order valence-corrected chi connectivity index (χ2v) is 4.25. The highest BCUT2D eigenvalue weighted by atomic mass is 16.5. The molecule has 6 nitrogen and oxygen atoms in total. The number of nitrogens with two attached hydrogens (primary N) is 1. The number of fused-ring (bicyclic) bond motifs is 3. The van der Waals surface area contributed by atoms with Crippen LogP contribution in [0.1, 0.15) is 6.92 Å². The summed E-state index contributed by atoms with van der Waals surface area (Å²) in [5.41, 5.74) is 7.39. The van der Waals surface area contributed by atoms with Crippen LogP contribution in [0.4, 0.5) is 5.69 Å². The van der Waals surface area contributed by atoms with Crippen molar-refractivity contribution in [3.8, 4) is 5.75 Å². The molecule has 0 atom stereocenters. The number of benzene rings is 2. The maximum atomic E-state index is 9.96. The number of rotatable bonds is 0. The normalized spacial score (nSPS) is 10.2. The Morgan fingerprint density at radius 1 is 1.20 bits per heavy atom. The predicted octanol–water partition coefficient (Wildman–Crippen LogP) is 2.41. The number of hydrogen-bond acceptors (Lipinski definition) is 4. The first-order valence-corrected chi connectivity index (χ1v) is 5.83. The Morgan fingerprint density at radius 3 is 2.45 bits per heavy atom. The van der Waals surface area contributed by atoms with E-state index in [4.69, 9.17) is 15.6 Å². The number of phenolic OH excluding ortho intramolecular Hbond substituents is 1. The molecule has 0 aliphatic rings.